The lowest BCUT2D eigenvalue weighted by Crippen LogP contribution is -1.83. The van der Waals surface area contributed by atoms with Gasteiger partial charge in [-0.25, -0.2) is 9.97 Å². The minimum absolute atomic E-state index is 0.594. The van der Waals surface area contributed by atoms with Gasteiger partial charge in [-0.05, 0) is 0 Å². The molecule has 4 rings (SSSR count). The third-order valence-electron chi connectivity index (χ3n) is 3.52. The van der Waals surface area contributed by atoms with Gasteiger partial charge < -0.3 is 5.73 Å². The number of hydrogen-bond acceptors (Lipinski definition) is 5. The molecular weight excluding hydrogens is 322 g/mol. The molecule has 0 fully saturated rings. The van der Waals surface area contributed by atoms with Crippen LogP contribution < -0.4 is 5.73 Å². The number of rotatable bonds is 3. The maximum Gasteiger partial charge on any atom is 0.180 e. The Bertz CT molecular complexity index is 924. The van der Waals surface area contributed by atoms with Gasteiger partial charge in [-0.3, -0.25) is 0 Å². The Morgan fingerprint density at radius 1 is 0.652 bits per heavy atom. The zero-order chi connectivity index (χ0) is 15.6. The van der Waals surface area contributed by atoms with Crippen LogP contribution in [0.4, 0.5) is 5.13 Å². The molecule has 0 bridgehead atoms. The second kappa shape index (κ2) is 5.95. The third-order valence-corrected chi connectivity index (χ3v) is 5.09. The van der Waals surface area contributed by atoms with Gasteiger partial charge in [0.2, 0.25) is 0 Å². The van der Waals surface area contributed by atoms with Crippen LogP contribution >= 0.6 is 22.7 Å². The van der Waals surface area contributed by atoms with Crippen molar-refractivity contribution in [2.45, 2.75) is 0 Å². The first-order chi connectivity index (χ1) is 11.3. The molecule has 0 atom stereocenters. The van der Waals surface area contributed by atoms with E-state index in [1.54, 1.807) is 11.3 Å². The van der Waals surface area contributed by atoms with Crippen molar-refractivity contribution < 1.29 is 0 Å². The van der Waals surface area contributed by atoms with Crippen LogP contribution in [0.3, 0.4) is 0 Å². The summed E-state index contributed by atoms with van der Waals surface area (Å²) < 4.78 is 0. The normalized spacial score (nSPS) is 10.8. The van der Waals surface area contributed by atoms with Gasteiger partial charge in [-0.2, -0.15) is 0 Å². The van der Waals surface area contributed by atoms with Crippen molar-refractivity contribution in [3.05, 3.63) is 65.4 Å². The van der Waals surface area contributed by atoms with Crippen molar-refractivity contribution in [1.29, 1.82) is 0 Å². The van der Waals surface area contributed by atoms with Crippen LogP contribution in [0.1, 0.15) is 0 Å². The fourth-order valence-corrected chi connectivity index (χ4v) is 3.76. The summed E-state index contributed by atoms with van der Waals surface area (Å²) in [6.45, 7) is 0. The molecule has 0 aliphatic heterocycles. The molecule has 0 saturated heterocycles. The van der Waals surface area contributed by atoms with Crippen molar-refractivity contribution in [2.75, 3.05) is 5.73 Å². The zero-order valence-electron chi connectivity index (χ0n) is 12.1. The van der Waals surface area contributed by atoms with Crippen LogP contribution in [0, 0.1) is 0 Å². The highest BCUT2D eigenvalue weighted by molar-refractivity contribution is 7.14. The Morgan fingerprint density at radius 2 is 1.26 bits per heavy atom. The number of benzene rings is 2. The average molecular weight is 335 g/mol. The maximum absolute atomic E-state index is 5.69. The lowest BCUT2D eigenvalue weighted by Gasteiger charge is -2.00. The SMILES string of the molecule is Nc1nc(-c2ccc(-c3nc(-c4ccccc4)cs3)cc2)cs1. The Balaban J connectivity index is 1.63. The molecule has 0 unspecified atom stereocenters. The minimum atomic E-state index is 0.594. The molecule has 0 spiro atoms. The van der Waals surface area contributed by atoms with Crippen LogP contribution in [0.15, 0.2) is 65.4 Å². The number of nitrogens with two attached hydrogens (primary N) is 1. The largest absolute Gasteiger partial charge is 0.375 e. The molecule has 2 heterocycles. The summed E-state index contributed by atoms with van der Waals surface area (Å²) in [5.41, 5.74) is 11.0. The van der Waals surface area contributed by atoms with Gasteiger partial charge in [0.15, 0.2) is 5.13 Å². The van der Waals surface area contributed by atoms with Crippen molar-refractivity contribution in [2.24, 2.45) is 0 Å². The van der Waals surface area contributed by atoms with Gasteiger partial charge in [0, 0.05) is 27.5 Å². The number of nitrogens with zero attached hydrogens (tertiary/aromatic N) is 2. The molecule has 0 aliphatic carbocycles. The molecular formula is C18H13N3S2. The number of aromatic nitrogens is 2. The van der Waals surface area contributed by atoms with Crippen molar-refractivity contribution in [3.8, 4) is 33.1 Å². The highest BCUT2D eigenvalue weighted by Gasteiger charge is 2.08. The van der Waals surface area contributed by atoms with Crippen LogP contribution in [0.5, 0.6) is 0 Å². The lowest BCUT2D eigenvalue weighted by atomic mass is 10.1. The van der Waals surface area contributed by atoms with E-state index in [4.69, 9.17) is 10.7 Å². The molecule has 112 valence electrons. The van der Waals surface area contributed by atoms with Crippen LogP contribution in [-0.2, 0) is 0 Å². The van der Waals surface area contributed by atoms with Gasteiger partial charge >= 0.3 is 0 Å². The topological polar surface area (TPSA) is 51.8 Å². The average Bonchev–Trinajstić information content (AvgIpc) is 3.25. The van der Waals surface area contributed by atoms with Crippen LogP contribution in [0.2, 0.25) is 0 Å². The number of thiazole rings is 2. The van der Waals surface area contributed by atoms with E-state index in [0.29, 0.717) is 5.13 Å². The first-order valence-electron chi connectivity index (χ1n) is 7.12. The predicted molar refractivity (Wildman–Crippen MR) is 98.5 cm³/mol. The smallest absolute Gasteiger partial charge is 0.180 e. The van der Waals surface area contributed by atoms with E-state index in [1.807, 2.05) is 23.6 Å². The van der Waals surface area contributed by atoms with Gasteiger partial charge in [-0.15, -0.1) is 22.7 Å². The van der Waals surface area contributed by atoms with Crippen LogP contribution in [0.25, 0.3) is 33.1 Å². The first kappa shape index (κ1) is 14.1. The molecule has 4 aromatic rings. The third kappa shape index (κ3) is 2.88. The molecule has 3 nitrogen and oxygen atoms in total. The summed E-state index contributed by atoms with van der Waals surface area (Å²) in [6, 6.07) is 18.5. The summed E-state index contributed by atoms with van der Waals surface area (Å²) >= 11 is 3.12. The van der Waals surface area contributed by atoms with E-state index >= 15 is 0 Å². The summed E-state index contributed by atoms with van der Waals surface area (Å²) in [5, 5.41) is 5.69. The second-order valence-electron chi connectivity index (χ2n) is 5.05. The Hall–Kier alpha value is -2.50. The Labute approximate surface area is 142 Å². The molecule has 0 amide bonds. The van der Waals surface area contributed by atoms with E-state index in [9.17, 15) is 0 Å². The predicted octanol–water partition coefficient (Wildman–Crippen LogP) is 5.18. The maximum atomic E-state index is 5.69. The highest BCUT2D eigenvalue weighted by atomic mass is 32.1. The quantitative estimate of drug-likeness (QED) is 0.561. The molecule has 2 aromatic heterocycles. The van der Waals surface area contributed by atoms with E-state index < -0.39 is 0 Å². The van der Waals surface area contributed by atoms with E-state index in [1.165, 1.54) is 11.3 Å². The highest BCUT2D eigenvalue weighted by Crippen LogP contribution is 2.30. The van der Waals surface area contributed by atoms with E-state index in [2.05, 4.69) is 46.8 Å². The van der Waals surface area contributed by atoms with Gasteiger partial charge in [0.25, 0.3) is 0 Å². The van der Waals surface area contributed by atoms with E-state index in [-0.39, 0.29) is 0 Å². The summed E-state index contributed by atoms with van der Waals surface area (Å²) in [6.07, 6.45) is 0. The van der Waals surface area contributed by atoms with Crippen molar-refractivity contribution in [3.63, 3.8) is 0 Å². The van der Waals surface area contributed by atoms with E-state index in [0.717, 1.165) is 33.1 Å². The number of hydrogen-bond donors (Lipinski definition) is 1. The summed E-state index contributed by atoms with van der Waals surface area (Å²) in [4.78, 5) is 9.05. The minimum Gasteiger partial charge on any atom is -0.375 e. The molecule has 0 saturated carbocycles. The Kier molecular flexibility index (Phi) is 3.65. The number of anilines is 1. The molecule has 23 heavy (non-hydrogen) atoms. The fourth-order valence-electron chi connectivity index (χ4n) is 2.35. The first-order valence-corrected chi connectivity index (χ1v) is 8.88. The molecule has 2 N–H and O–H groups in total. The van der Waals surface area contributed by atoms with Crippen LogP contribution in [-0.4, -0.2) is 9.97 Å². The second-order valence-corrected chi connectivity index (χ2v) is 6.80. The Morgan fingerprint density at radius 3 is 1.96 bits per heavy atom. The monoisotopic (exact) mass is 335 g/mol. The standard InChI is InChI=1S/C18H13N3S2/c19-18-21-16(11-23-18)13-6-8-14(9-7-13)17-20-15(10-22-17)12-4-2-1-3-5-12/h1-11H,(H2,19,21). The summed E-state index contributed by atoms with van der Waals surface area (Å²) in [7, 11) is 0. The fraction of sp³-hybridized carbons (Fsp3) is 0. The molecule has 0 radical (unpaired) electrons. The lowest BCUT2D eigenvalue weighted by molar-refractivity contribution is 1.39. The van der Waals surface area contributed by atoms with Gasteiger partial charge in [-0.1, -0.05) is 54.6 Å². The van der Waals surface area contributed by atoms with Gasteiger partial charge in [0.05, 0.1) is 11.4 Å². The summed E-state index contributed by atoms with van der Waals surface area (Å²) in [5.74, 6) is 0. The van der Waals surface area contributed by atoms with Gasteiger partial charge in [0.1, 0.15) is 5.01 Å². The molecule has 5 heteroatoms. The van der Waals surface area contributed by atoms with Crippen molar-refractivity contribution >= 4 is 27.8 Å². The zero-order valence-corrected chi connectivity index (χ0v) is 13.8. The van der Waals surface area contributed by atoms with Crippen molar-refractivity contribution in [1.82, 2.24) is 9.97 Å². The number of nitrogen functional groups attached to an aromatic ring is 1. The molecule has 0 aliphatic rings. The molecule has 2 aromatic carbocycles.